The second-order valence-electron chi connectivity index (χ2n) is 2.40. The molecule has 0 fully saturated rings. The van der Waals surface area contributed by atoms with Crippen LogP contribution >= 0.6 is 22.6 Å². The van der Waals surface area contributed by atoms with Crippen molar-refractivity contribution in [3.8, 4) is 5.75 Å². The summed E-state index contributed by atoms with van der Waals surface area (Å²) in [7, 11) is 0. The highest BCUT2D eigenvalue weighted by Crippen LogP contribution is 2.28. The van der Waals surface area contributed by atoms with Gasteiger partial charge in [-0.3, -0.25) is 4.79 Å². The number of alkyl halides is 2. The van der Waals surface area contributed by atoms with E-state index in [0.717, 1.165) is 6.07 Å². The fourth-order valence-electron chi connectivity index (χ4n) is 0.830. The maximum Gasteiger partial charge on any atom is 0.271 e. The Hall–Kier alpha value is -0.990. The van der Waals surface area contributed by atoms with Crippen molar-refractivity contribution in [1.29, 1.82) is 0 Å². The lowest BCUT2D eigenvalue weighted by Gasteiger charge is -2.05. The molecule has 0 radical (unpaired) electrons. The van der Waals surface area contributed by atoms with E-state index in [2.05, 4.69) is 4.98 Å². The summed E-state index contributed by atoms with van der Waals surface area (Å²) in [6.07, 6.45) is -2.75. The smallest absolute Gasteiger partial charge is 0.271 e. The predicted molar refractivity (Wildman–Crippen MR) is 52.1 cm³/mol. The number of carbonyl (C=O) groups excluding carboxylic acids is 1. The monoisotopic (exact) mass is 314 g/mol. The molecule has 0 bridgehead atoms. The Morgan fingerprint density at radius 1 is 1.64 bits per heavy atom. The third kappa shape index (κ3) is 2.08. The number of rotatable bonds is 2. The average molecular weight is 314 g/mol. The van der Waals surface area contributed by atoms with Crippen LogP contribution in [-0.2, 0) is 0 Å². The van der Waals surface area contributed by atoms with Crippen molar-refractivity contribution in [1.82, 2.24) is 4.98 Å². The van der Waals surface area contributed by atoms with Gasteiger partial charge >= 0.3 is 0 Å². The summed E-state index contributed by atoms with van der Waals surface area (Å²) in [4.78, 5) is 14.1. The highest BCUT2D eigenvalue weighted by molar-refractivity contribution is 14.1. The van der Waals surface area contributed by atoms with E-state index in [-0.39, 0.29) is 3.70 Å². The summed E-state index contributed by atoms with van der Waals surface area (Å²) < 4.78 is 24.5. The van der Waals surface area contributed by atoms with Gasteiger partial charge in [-0.05, 0) is 28.7 Å². The van der Waals surface area contributed by atoms with Gasteiger partial charge in [-0.15, -0.1) is 0 Å². The third-order valence-corrected chi connectivity index (χ3v) is 2.32. The van der Waals surface area contributed by atoms with Gasteiger partial charge in [0.2, 0.25) is 0 Å². The Morgan fingerprint density at radius 2 is 2.21 bits per heavy atom. The van der Waals surface area contributed by atoms with Crippen LogP contribution in [0.3, 0.4) is 0 Å². The number of nitrogens with two attached hydrogens (primary N) is 1. The Balaban J connectivity index is 3.31. The summed E-state index contributed by atoms with van der Waals surface area (Å²) >= 11 is 1.54. The molecule has 0 aliphatic carbocycles. The molecule has 0 aromatic carbocycles. The number of primary amides is 1. The fourth-order valence-corrected chi connectivity index (χ4v) is 1.46. The van der Waals surface area contributed by atoms with Gasteiger partial charge in [-0.1, -0.05) is 0 Å². The van der Waals surface area contributed by atoms with Crippen molar-refractivity contribution in [2.75, 3.05) is 0 Å². The van der Waals surface area contributed by atoms with Crippen molar-refractivity contribution >= 4 is 28.5 Å². The first kappa shape index (κ1) is 11.1. The first-order valence-electron chi connectivity index (χ1n) is 3.41. The summed E-state index contributed by atoms with van der Waals surface area (Å²) in [5.74, 6) is -1.59. The molecule has 0 aliphatic rings. The van der Waals surface area contributed by atoms with Gasteiger partial charge in [0.05, 0.1) is 5.56 Å². The molecule has 0 saturated carbocycles. The molecular weight excluding hydrogens is 309 g/mol. The van der Waals surface area contributed by atoms with E-state index in [1.165, 1.54) is 0 Å². The van der Waals surface area contributed by atoms with Crippen LogP contribution in [-0.4, -0.2) is 16.0 Å². The molecule has 0 aliphatic heterocycles. The molecule has 7 heteroatoms. The number of aromatic nitrogens is 1. The van der Waals surface area contributed by atoms with Crippen LogP contribution in [0.2, 0.25) is 0 Å². The minimum atomic E-state index is -2.75. The summed E-state index contributed by atoms with van der Waals surface area (Å²) in [6.45, 7) is 0. The quantitative estimate of drug-likeness (QED) is 0.640. The van der Waals surface area contributed by atoms with Crippen molar-refractivity contribution in [3.05, 3.63) is 21.0 Å². The van der Waals surface area contributed by atoms with Crippen molar-refractivity contribution in [2.24, 2.45) is 5.73 Å². The largest absolute Gasteiger partial charge is 0.505 e. The molecule has 14 heavy (non-hydrogen) atoms. The number of hydrogen-bond donors (Lipinski definition) is 2. The SMILES string of the molecule is NC(=O)c1nc(I)c(C(F)F)cc1O. The van der Waals surface area contributed by atoms with Crippen LogP contribution in [0.15, 0.2) is 6.07 Å². The number of hydrogen-bond acceptors (Lipinski definition) is 3. The van der Waals surface area contributed by atoms with Crippen LogP contribution in [0.25, 0.3) is 0 Å². The molecule has 1 amide bonds. The molecule has 4 nitrogen and oxygen atoms in total. The zero-order valence-electron chi connectivity index (χ0n) is 6.67. The van der Waals surface area contributed by atoms with Crippen molar-refractivity contribution < 1.29 is 18.7 Å². The molecule has 0 unspecified atom stereocenters. The maximum absolute atomic E-state index is 12.3. The van der Waals surface area contributed by atoms with Crippen LogP contribution in [0.5, 0.6) is 5.75 Å². The van der Waals surface area contributed by atoms with E-state index in [9.17, 15) is 13.6 Å². The standard InChI is InChI=1S/C7H5F2IN2O2/c8-5(9)2-1-3(13)4(7(11)14)12-6(2)10/h1,5,13H,(H2,11,14). The van der Waals surface area contributed by atoms with Crippen LogP contribution in [0.1, 0.15) is 22.5 Å². The average Bonchev–Trinajstić information content (AvgIpc) is 2.07. The summed E-state index contributed by atoms with van der Waals surface area (Å²) in [5.41, 5.74) is 4.03. The van der Waals surface area contributed by atoms with E-state index >= 15 is 0 Å². The Bertz CT molecular complexity index is 384. The molecule has 3 N–H and O–H groups in total. The number of pyridine rings is 1. The third-order valence-electron chi connectivity index (χ3n) is 1.45. The van der Waals surface area contributed by atoms with E-state index in [1.807, 2.05) is 0 Å². The van der Waals surface area contributed by atoms with E-state index < -0.39 is 29.3 Å². The zero-order valence-corrected chi connectivity index (χ0v) is 8.83. The fraction of sp³-hybridized carbons (Fsp3) is 0.143. The second-order valence-corrected chi connectivity index (χ2v) is 3.42. The lowest BCUT2D eigenvalue weighted by atomic mass is 10.2. The lowest BCUT2D eigenvalue weighted by molar-refractivity contribution is 0.0991. The topological polar surface area (TPSA) is 76.2 Å². The predicted octanol–water partition coefficient (Wildman–Crippen LogP) is 1.43. The van der Waals surface area contributed by atoms with Gasteiger partial charge in [0.25, 0.3) is 12.3 Å². The number of aromatic hydroxyl groups is 1. The van der Waals surface area contributed by atoms with Crippen LogP contribution < -0.4 is 5.73 Å². The molecule has 76 valence electrons. The minimum absolute atomic E-state index is 0.0517. The maximum atomic E-state index is 12.3. The van der Waals surface area contributed by atoms with Gasteiger partial charge in [0.15, 0.2) is 5.69 Å². The van der Waals surface area contributed by atoms with E-state index in [0.29, 0.717) is 0 Å². The molecule has 1 heterocycles. The van der Waals surface area contributed by atoms with E-state index in [1.54, 1.807) is 22.6 Å². The van der Waals surface area contributed by atoms with Crippen LogP contribution in [0, 0.1) is 3.70 Å². The highest BCUT2D eigenvalue weighted by Gasteiger charge is 2.18. The van der Waals surface area contributed by atoms with Gasteiger partial charge in [-0.2, -0.15) is 0 Å². The van der Waals surface area contributed by atoms with Gasteiger partial charge in [0.1, 0.15) is 9.45 Å². The van der Waals surface area contributed by atoms with Gasteiger partial charge in [0, 0.05) is 0 Å². The lowest BCUT2D eigenvalue weighted by Crippen LogP contribution is -2.14. The van der Waals surface area contributed by atoms with Crippen LogP contribution in [0.4, 0.5) is 8.78 Å². The number of nitrogens with zero attached hydrogens (tertiary/aromatic N) is 1. The summed E-state index contributed by atoms with van der Waals surface area (Å²) in [5, 5.41) is 9.14. The Labute approximate surface area is 91.3 Å². The molecule has 1 rings (SSSR count). The second kappa shape index (κ2) is 4.03. The normalized spacial score (nSPS) is 10.6. The number of carbonyl (C=O) groups is 1. The first-order chi connectivity index (χ1) is 6.43. The van der Waals surface area contributed by atoms with Crippen molar-refractivity contribution in [2.45, 2.75) is 6.43 Å². The number of halogens is 3. The molecule has 1 aromatic rings. The number of amides is 1. The van der Waals surface area contributed by atoms with Gasteiger partial charge in [-0.25, -0.2) is 13.8 Å². The molecular formula is C7H5F2IN2O2. The highest BCUT2D eigenvalue weighted by atomic mass is 127. The van der Waals surface area contributed by atoms with Gasteiger partial charge < -0.3 is 10.8 Å². The molecule has 0 atom stereocenters. The first-order valence-corrected chi connectivity index (χ1v) is 4.48. The Kier molecular flexibility index (Phi) is 3.19. The Morgan fingerprint density at radius 3 is 2.64 bits per heavy atom. The molecule has 0 saturated heterocycles. The molecule has 1 aromatic heterocycles. The zero-order chi connectivity index (χ0) is 10.9. The van der Waals surface area contributed by atoms with Crippen molar-refractivity contribution in [3.63, 3.8) is 0 Å². The summed E-state index contributed by atoms with van der Waals surface area (Å²) in [6, 6.07) is 0.791. The minimum Gasteiger partial charge on any atom is -0.505 e. The molecule has 0 spiro atoms. The van der Waals surface area contributed by atoms with E-state index in [4.69, 9.17) is 10.8 Å².